The molecule has 3 nitrogen and oxygen atoms in total. The Bertz CT molecular complexity index is 366. The molecule has 0 saturated carbocycles. The van der Waals surface area contributed by atoms with E-state index in [9.17, 15) is 0 Å². The lowest BCUT2D eigenvalue weighted by molar-refractivity contribution is 0.325. The number of rotatable bonds is 1. The van der Waals surface area contributed by atoms with Crippen molar-refractivity contribution < 1.29 is 4.52 Å². The van der Waals surface area contributed by atoms with E-state index in [2.05, 4.69) is 17.4 Å². The average molecular weight is 220 g/mol. The molecular formula is C13H20N2O. The highest BCUT2D eigenvalue weighted by molar-refractivity contribution is 5.29. The first kappa shape index (κ1) is 10.3. The summed E-state index contributed by atoms with van der Waals surface area (Å²) in [7, 11) is 0. The molecule has 1 saturated heterocycles. The van der Waals surface area contributed by atoms with Crippen LogP contribution in [0.25, 0.3) is 0 Å². The molecule has 0 amide bonds. The van der Waals surface area contributed by atoms with Gasteiger partial charge in [0.05, 0.1) is 5.69 Å². The van der Waals surface area contributed by atoms with Crippen LogP contribution in [-0.4, -0.2) is 18.2 Å². The molecule has 1 aliphatic heterocycles. The molecule has 2 atom stereocenters. The lowest BCUT2D eigenvalue weighted by Crippen LogP contribution is -2.29. The Balaban J connectivity index is 1.86. The van der Waals surface area contributed by atoms with Crippen LogP contribution in [0, 0.1) is 5.92 Å². The van der Waals surface area contributed by atoms with E-state index in [4.69, 9.17) is 4.52 Å². The van der Waals surface area contributed by atoms with E-state index in [1.807, 2.05) is 0 Å². The zero-order chi connectivity index (χ0) is 11.0. The van der Waals surface area contributed by atoms with E-state index >= 15 is 0 Å². The van der Waals surface area contributed by atoms with Gasteiger partial charge in [-0.2, -0.15) is 0 Å². The van der Waals surface area contributed by atoms with Gasteiger partial charge in [0.25, 0.3) is 0 Å². The third-order valence-electron chi connectivity index (χ3n) is 3.99. The Morgan fingerprint density at radius 3 is 3.12 bits per heavy atom. The molecule has 0 aromatic carbocycles. The molecule has 0 spiro atoms. The minimum Gasteiger partial charge on any atom is -0.360 e. The largest absolute Gasteiger partial charge is 0.360 e. The van der Waals surface area contributed by atoms with E-state index in [-0.39, 0.29) is 0 Å². The zero-order valence-corrected chi connectivity index (χ0v) is 9.96. The summed E-state index contributed by atoms with van der Waals surface area (Å²) in [5, 5.41) is 7.72. The number of hydrogen-bond donors (Lipinski definition) is 1. The Labute approximate surface area is 96.6 Å². The summed E-state index contributed by atoms with van der Waals surface area (Å²) in [6.45, 7) is 4.55. The summed E-state index contributed by atoms with van der Waals surface area (Å²) in [5.74, 6) is 2.55. The van der Waals surface area contributed by atoms with Gasteiger partial charge in [0.1, 0.15) is 5.76 Å². The number of aromatic nitrogens is 1. The number of piperidine rings is 1. The Kier molecular flexibility index (Phi) is 2.72. The molecule has 2 aliphatic rings. The van der Waals surface area contributed by atoms with Crippen molar-refractivity contribution in [1.29, 1.82) is 0 Å². The summed E-state index contributed by atoms with van der Waals surface area (Å²) in [4.78, 5) is 0. The summed E-state index contributed by atoms with van der Waals surface area (Å²) >= 11 is 0. The minimum atomic E-state index is 0.565. The highest BCUT2D eigenvalue weighted by Crippen LogP contribution is 2.33. The van der Waals surface area contributed by atoms with E-state index in [0.717, 1.165) is 25.4 Å². The summed E-state index contributed by atoms with van der Waals surface area (Å²) in [6, 6.07) is 0. The van der Waals surface area contributed by atoms with Gasteiger partial charge in [-0.1, -0.05) is 12.1 Å². The van der Waals surface area contributed by atoms with Crippen molar-refractivity contribution in [2.24, 2.45) is 5.92 Å². The highest BCUT2D eigenvalue weighted by atomic mass is 16.5. The second-order valence-corrected chi connectivity index (χ2v) is 5.36. The van der Waals surface area contributed by atoms with Crippen LogP contribution in [0.1, 0.15) is 49.1 Å². The van der Waals surface area contributed by atoms with E-state index in [0.29, 0.717) is 5.92 Å². The smallest absolute Gasteiger partial charge is 0.144 e. The topological polar surface area (TPSA) is 38.1 Å². The Morgan fingerprint density at radius 2 is 2.31 bits per heavy atom. The van der Waals surface area contributed by atoms with Crippen LogP contribution in [0.5, 0.6) is 0 Å². The monoisotopic (exact) mass is 220 g/mol. The van der Waals surface area contributed by atoms with E-state index in [1.54, 1.807) is 0 Å². The predicted molar refractivity (Wildman–Crippen MR) is 62.5 cm³/mol. The summed E-state index contributed by atoms with van der Waals surface area (Å²) in [5.41, 5.74) is 2.67. The van der Waals surface area contributed by atoms with Crippen molar-refractivity contribution in [3.8, 4) is 0 Å². The maximum absolute atomic E-state index is 5.62. The zero-order valence-electron chi connectivity index (χ0n) is 9.96. The fourth-order valence-electron chi connectivity index (χ4n) is 3.00. The van der Waals surface area contributed by atoms with Crippen molar-refractivity contribution >= 4 is 0 Å². The van der Waals surface area contributed by atoms with Gasteiger partial charge in [-0.3, -0.25) is 0 Å². The third-order valence-corrected chi connectivity index (χ3v) is 3.99. The van der Waals surface area contributed by atoms with Crippen LogP contribution in [0.15, 0.2) is 4.52 Å². The fourth-order valence-corrected chi connectivity index (χ4v) is 3.00. The van der Waals surface area contributed by atoms with Crippen LogP contribution in [0.2, 0.25) is 0 Å². The second-order valence-electron chi connectivity index (χ2n) is 5.36. The summed E-state index contributed by atoms with van der Waals surface area (Å²) < 4.78 is 5.62. The Hall–Kier alpha value is -0.830. The molecule has 1 aromatic heterocycles. The normalized spacial score (nSPS) is 30.1. The molecule has 1 N–H and O–H groups in total. The number of nitrogens with one attached hydrogen (secondary N) is 1. The van der Waals surface area contributed by atoms with Crippen molar-refractivity contribution in [2.75, 3.05) is 13.1 Å². The SMILES string of the molecule is CC1CCc2noc(C3CCCNC3)c2C1. The molecule has 2 heterocycles. The van der Waals surface area contributed by atoms with Gasteiger partial charge in [-0.05, 0) is 44.6 Å². The Morgan fingerprint density at radius 1 is 1.38 bits per heavy atom. The molecule has 1 aliphatic carbocycles. The van der Waals surface area contributed by atoms with Crippen LogP contribution < -0.4 is 5.32 Å². The number of fused-ring (bicyclic) bond motifs is 1. The molecular weight excluding hydrogens is 200 g/mol. The molecule has 1 aromatic rings. The average Bonchev–Trinajstić information content (AvgIpc) is 2.73. The standard InChI is InChI=1S/C13H20N2O/c1-9-4-5-12-11(7-9)13(16-15-12)10-3-2-6-14-8-10/h9-10,14H,2-8H2,1H3. The third kappa shape index (κ3) is 1.77. The van der Waals surface area contributed by atoms with Crippen molar-refractivity contribution in [1.82, 2.24) is 10.5 Å². The van der Waals surface area contributed by atoms with Crippen LogP contribution in [0.4, 0.5) is 0 Å². The highest BCUT2D eigenvalue weighted by Gasteiger charge is 2.28. The molecule has 3 rings (SSSR count). The van der Waals surface area contributed by atoms with Gasteiger partial charge in [0, 0.05) is 18.0 Å². The molecule has 0 bridgehead atoms. The first-order chi connectivity index (χ1) is 7.84. The van der Waals surface area contributed by atoms with Crippen LogP contribution in [0.3, 0.4) is 0 Å². The van der Waals surface area contributed by atoms with Crippen molar-refractivity contribution in [3.05, 3.63) is 17.0 Å². The van der Waals surface area contributed by atoms with Gasteiger partial charge >= 0.3 is 0 Å². The maximum Gasteiger partial charge on any atom is 0.144 e. The quantitative estimate of drug-likeness (QED) is 0.789. The molecule has 1 fully saturated rings. The predicted octanol–water partition coefficient (Wildman–Crippen LogP) is 2.27. The minimum absolute atomic E-state index is 0.565. The molecule has 88 valence electrons. The number of hydrogen-bond acceptors (Lipinski definition) is 3. The lowest BCUT2D eigenvalue weighted by Gasteiger charge is -2.23. The molecule has 2 unspecified atom stereocenters. The van der Waals surface area contributed by atoms with E-state index < -0.39 is 0 Å². The number of aryl methyl sites for hydroxylation is 1. The fraction of sp³-hybridized carbons (Fsp3) is 0.769. The van der Waals surface area contributed by atoms with Crippen LogP contribution >= 0.6 is 0 Å². The number of nitrogens with zero attached hydrogens (tertiary/aromatic N) is 1. The molecule has 0 radical (unpaired) electrons. The van der Waals surface area contributed by atoms with Crippen molar-refractivity contribution in [3.63, 3.8) is 0 Å². The first-order valence-electron chi connectivity index (χ1n) is 6.52. The molecule has 3 heteroatoms. The first-order valence-corrected chi connectivity index (χ1v) is 6.52. The van der Waals surface area contributed by atoms with Gasteiger partial charge in [-0.15, -0.1) is 0 Å². The van der Waals surface area contributed by atoms with Gasteiger partial charge < -0.3 is 9.84 Å². The van der Waals surface area contributed by atoms with Gasteiger partial charge in [0.2, 0.25) is 0 Å². The maximum atomic E-state index is 5.62. The molecule has 16 heavy (non-hydrogen) atoms. The van der Waals surface area contributed by atoms with Crippen molar-refractivity contribution in [2.45, 2.75) is 44.9 Å². The van der Waals surface area contributed by atoms with Gasteiger partial charge in [0.15, 0.2) is 0 Å². The second kappa shape index (κ2) is 4.21. The van der Waals surface area contributed by atoms with Gasteiger partial charge in [-0.25, -0.2) is 0 Å². The van der Waals surface area contributed by atoms with Crippen LogP contribution in [-0.2, 0) is 12.8 Å². The summed E-state index contributed by atoms with van der Waals surface area (Å²) in [6.07, 6.45) is 6.06. The van der Waals surface area contributed by atoms with E-state index in [1.165, 1.54) is 42.7 Å². The lowest BCUT2D eigenvalue weighted by atomic mass is 9.84.